The van der Waals surface area contributed by atoms with Gasteiger partial charge in [-0.2, -0.15) is 0 Å². The van der Waals surface area contributed by atoms with Crippen LogP contribution in [0.5, 0.6) is 0 Å². The quantitative estimate of drug-likeness (QED) is 0.833. The predicted octanol–water partition coefficient (Wildman–Crippen LogP) is 4.95. The summed E-state index contributed by atoms with van der Waals surface area (Å²) in [5.41, 5.74) is 4.11. The summed E-state index contributed by atoms with van der Waals surface area (Å²) >= 11 is 0. The van der Waals surface area contributed by atoms with E-state index >= 15 is 0 Å². The van der Waals surface area contributed by atoms with E-state index < -0.39 is 0 Å². The molecule has 1 rings (SSSR count). The molecule has 2 heteroatoms. The number of unbranched alkanes of at least 4 members (excludes halogenated alkanes) is 2. The molecule has 0 radical (unpaired) electrons. The van der Waals surface area contributed by atoms with E-state index in [4.69, 9.17) is 0 Å². The molecule has 1 aromatic carbocycles. The van der Waals surface area contributed by atoms with Gasteiger partial charge in [-0.1, -0.05) is 56.9 Å². The lowest BCUT2D eigenvalue weighted by Gasteiger charge is -1.98. The van der Waals surface area contributed by atoms with Crippen molar-refractivity contribution in [2.45, 2.75) is 67.7 Å². The lowest BCUT2D eigenvalue weighted by molar-refractivity contribution is -0.118. The molecular weight excluding hydrogens is 246 g/mol. The number of nitrogens with one attached hydrogen (secondary N) is 1. The van der Waals surface area contributed by atoms with Gasteiger partial charge in [-0.3, -0.25) is 4.79 Å². The maximum absolute atomic E-state index is 9.93. The molecule has 0 aromatic heterocycles. The molecule has 0 atom stereocenters. The lowest BCUT2D eigenvalue weighted by Crippen LogP contribution is -2.18. The predicted molar refractivity (Wildman–Crippen MR) is 90.2 cm³/mol. The summed E-state index contributed by atoms with van der Waals surface area (Å²) in [7, 11) is 0. The smallest absolute Gasteiger partial charge is 0.216 e. The first-order chi connectivity index (χ1) is 9.38. The van der Waals surface area contributed by atoms with Crippen molar-refractivity contribution < 1.29 is 4.79 Å². The lowest BCUT2D eigenvalue weighted by atomic mass is 10.1. The van der Waals surface area contributed by atoms with Gasteiger partial charge in [-0.25, -0.2) is 0 Å². The molecule has 0 bridgehead atoms. The summed E-state index contributed by atoms with van der Waals surface area (Å²) in [6.45, 7) is 14.9. The minimum atomic E-state index is 0.0394. The van der Waals surface area contributed by atoms with Crippen molar-refractivity contribution >= 4 is 5.91 Å². The summed E-state index contributed by atoms with van der Waals surface area (Å²) in [6, 6.07) is 6.50. The Balaban J connectivity index is 0. The van der Waals surface area contributed by atoms with Gasteiger partial charge in [0.25, 0.3) is 0 Å². The van der Waals surface area contributed by atoms with Gasteiger partial charge in [0.1, 0.15) is 0 Å². The van der Waals surface area contributed by atoms with Crippen LogP contribution in [0.15, 0.2) is 18.2 Å². The van der Waals surface area contributed by atoms with E-state index in [0.717, 1.165) is 6.54 Å². The van der Waals surface area contributed by atoms with Gasteiger partial charge in [0.15, 0.2) is 0 Å². The van der Waals surface area contributed by atoms with Gasteiger partial charge in [-0.05, 0) is 38.8 Å². The normalized spacial score (nSPS) is 8.75. The van der Waals surface area contributed by atoms with Crippen LogP contribution in [0.1, 0.15) is 63.6 Å². The first kappa shape index (κ1) is 21.0. The third kappa shape index (κ3) is 14.7. The first-order valence-corrected chi connectivity index (χ1v) is 7.67. The fourth-order valence-corrected chi connectivity index (χ4v) is 1.49. The van der Waals surface area contributed by atoms with Crippen molar-refractivity contribution in [2.75, 3.05) is 6.54 Å². The average Bonchev–Trinajstić information content (AvgIpc) is 2.36. The van der Waals surface area contributed by atoms with Crippen LogP contribution in [-0.2, 0) is 4.79 Å². The Kier molecular flexibility index (Phi) is 14.8. The largest absolute Gasteiger partial charge is 0.357 e. The molecule has 1 amide bonds. The maximum atomic E-state index is 9.93. The Hall–Kier alpha value is -1.31. The van der Waals surface area contributed by atoms with E-state index in [-0.39, 0.29) is 5.91 Å². The van der Waals surface area contributed by atoms with Crippen molar-refractivity contribution in [1.29, 1.82) is 0 Å². The summed E-state index contributed by atoms with van der Waals surface area (Å²) in [5, 5.41) is 2.57. The highest BCUT2D eigenvalue weighted by Gasteiger charge is 1.89. The van der Waals surface area contributed by atoms with Crippen LogP contribution in [0.25, 0.3) is 0 Å². The highest BCUT2D eigenvalue weighted by atomic mass is 16.1. The molecule has 116 valence electrons. The van der Waals surface area contributed by atoms with Gasteiger partial charge in [0.05, 0.1) is 0 Å². The molecule has 0 saturated carbocycles. The fraction of sp³-hybridized carbons (Fsp3) is 0.611. The zero-order valence-electron chi connectivity index (χ0n) is 14.5. The number of carbonyl (C=O) groups excluding carboxylic acids is 1. The summed E-state index contributed by atoms with van der Waals surface area (Å²) < 4.78 is 0. The van der Waals surface area contributed by atoms with Crippen LogP contribution in [-0.4, -0.2) is 12.5 Å². The Labute approximate surface area is 126 Å². The maximum Gasteiger partial charge on any atom is 0.216 e. The Morgan fingerprint density at radius 2 is 1.55 bits per heavy atom. The number of amides is 1. The van der Waals surface area contributed by atoms with Crippen molar-refractivity contribution in [1.82, 2.24) is 5.32 Å². The van der Waals surface area contributed by atoms with E-state index in [9.17, 15) is 4.79 Å². The number of hydrogen-bond donors (Lipinski definition) is 1. The van der Waals surface area contributed by atoms with Gasteiger partial charge < -0.3 is 5.32 Å². The van der Waals surface area contributed by atoms with E-state index in [1.54, 1.807) is 0 Å². The number of carbonyl (C=O) groups is 1. The SMILES string of the molecule is CCCCC.CCNC(C)=O.Cc1ccc(C)c(C)c1. The van der Waals surface area contributed by atoms with Crippen molar-refractivity contribution in [2.24, 2.45) is 0 Å². The third-order valence-electron chi connectivity index (χ3n) is 2.80. The summed E-state index contributed by atoms with van der Waals surface area (Å²) in [4.78, 5) is 9.93. The van der Waals surface area contributed by atoms with Crippen LogP contribution < -0.4 is 5.32 Å². The van der Waals surface area contributed by atoms with E-state index in [2.05, 4.69) is 58.1 Å². The highest BCUT2D eigenvalue weighted by Crippen LogP contribution is 2.07. The Bertz CT molecular complexity index is 356. The number of aryl methyl sites for hydroxylation is 3. The molecule has 0 heterocycles. The summed E-state index contributed by atoms with van der Waals surface area (Å²) in [5.74, 6) is 0.0394. The van der Waals surface area contributed by atoms with Crippen LogP contribution in [0, 0.1) is 20.8 Å². The third-order valence-corrected chi connectivity index (χ3v) is 2.80. The van der Waals surface area contributed by atoms with Crippen molar-refractivity contribution in [3.8, 4) is 0 Å². The Morgan fingerprint density at radius 1 is 1.00 bits per heavy atom. The van der Waals surface area contributed by atoms with Crippen LogP contribution in [0.2, 0.25) is 0 Å². The minimum Gasteiger partial charge on any atom is -0.357 e. The standard InChI is InChI=1S/C9H12.C5H12.C4H9NO/c1-7-4-5-8(2)9(3)6-7;1-3-5-4-2;1-3-5-4(2)6/h4-6H,1-3H3;3-5H2,1-2H3;3H2,1-2H3,(H,5,6). The van der Waals surface area contributed by atoms with Crippen molar-refractivity contribution in [3.05, 3.63) is 34.9 Å². The minimum absolute atomic E-state index is 0.0394. The average molecular weight is 279 g/mol. The molecule has 0 aliphatic carbocycles. The van der Waals surface area contributed by atoms with Gasteiger partial charge in [0.2, 0.25) is 5.91 Å². The van der Waals surface area contributed by atoms with E-state index in [0.29, 0.717) is 0 Å². The molecule has 0 fully saturated rings. The van der Waals surface area contributed by atoms with E-state index in [1.165, 1.54) is 42.9 Å². The second-order valence-corrected chi connectivity index (χ2v) is 5.03. The number of hydrogen-bond acceptors (Lipinski definition) is 1. The molecule has 1 aromatic rings. The van der Waals surface area contributed by atoms with Crippen LogP contribution in [0.3, 0.4) is 0 Å². The molecule has 20 heavy (non-hydrogen) atoms. The zero-order valence-corrected chi connectivity index (χ0v) is 14.5. The van der Waals surface area contributed by atoms with Crippen molar-refractivity contribution in [3.63, 3.8) is 0 Å². The number of rotatable bonds is 3. The number of benzene rings is 1. The molecule has 0 aliphatic rings. The van der Waals surface area contributed by atoms with E-state index in [1.807, 2.05) is 6.92 Å². The monoisotopic (exact) mass is 279 g/mol. The molecule has 0 unspecified atom stereocenters. The molecular formula is C18H33NO. The van der Waals surface area contributed by atoms with Crippen LogP contribution >= 0.6 is 0 Å². The molecule has 2 nitrogen and oxygen atoms in total. The van der Waals surface area contributed by atoms with Gasteiger partial charge in [-0.15, -0.1) is 0 Å². The second kappa shape index (κ2) is 14.1. The van der Waals surface area contributed by atoms with Crippen LogP contribution in [0.4, 0.5) is 0 Å². The highest BCUT2D eigenvalue weighted by molar-refractivity contribution is 5.72. The molecule has 0 spiro atoms. The fourth-order valence-electron chi connectivity index (χ4n) is 1.49. The topological polar surface area (TPSA) is 29.1 Å². The van der Waals surface area contributed by atoms with Gasteiger partial charge in [0, 0.05) is 13.5 Å². The first-order valence-electron chi connectivity index (χ1n) is 7.67. The van der Waals surface area contributed by atoms with Gasteiger partial charge >= 0.3 is 0 Å². The zero-order chi connectivity index (χ0) is 16.0. The summed E-state index contributed by atoms with van der Waals surface area (Å²) in [6.07, 6.45) is 4.08. The molecule has 0 aliphatic heterocycles. The second-order valence-electron chi connectivity index (χ2n) is 5.03. The Morgan fingerprint density at radius 3 is 1.75 bits per heavy atom. The molecule has 0 saturated heterocycles. The molecule has 1 N–H and O–H groups in total.